The Morgan fingerprint density at radius 3 is 2.74 bits per heavy atom. The van der Waals surface area contributed by atoms with Crippen molar-refractivity contribution >= 4 is 28.1 Å². The molecule has 0 saturated carbocycles. The fourth-order valence-corrected chi connectivity index (χ4v) is 3.49. The van der Waals surface area contributed by atoms with Crippen molar-refractivity contribution in [3.05, 3.63) is 53.0 Å². The Hall–Kier alpha value is -3.48. The highest BCUT2D eigenvalue weighted by atomic mass is 16.7. The zero-order valence-electron chi connectivity index (χ0n) is 15.0. The number of amidine groups is 1. The number of aromatic amines is 1. The number of imidazole rings is 1. The number of H-pyrrole nitrogens is 1. The first-order valence-corrected chi connectivity index (χ1v) is 8.67. The second-order valence-corrected chi connectivity index (χ2v) is 6.83. The summed E-state index contributed by atoms with van der Waals surface area (Å²) in [6, 6.07) is 9.53. The summed E-state index contributed by atoms with van der Waals surface area (Å²) >= 11 is 0. The fourth-order valence-electron chi connectivity index (χ4n) is 3.49. The van der Waals surface area contributed by atoms with Crippen LogP contribution in [0.5, 0.6) is 11.5 Å². The Labute approximate surface area is 155 Å². The number of nitrogens with one attached hydrogen (secondary N) is 2. The number of ether oxygens (including phenoxy) is 2. The van der Waals surface area contributed by atoms with Crippen molar-refractivity contribution in [3.8, 4) is 11.5 Å². The molecule has 3 aromatic rings. The minimum Gasteiger partial charge on any atom is -0.509 e. The lowest BCUT2D eigenvalue weighted by atomic mass is 10.1. The quantitative estimate of drug-likeness (QED) is 0.646. The van der Waals surface area contributed by atoms with Crippen LogP contribution in [0, 0.1) is 19.3 Å². The number of rotatable bonds is 2. The summed E-state index contributed by atoms with van der Waals surface area (Å²) in [6.45, 7) is 4.50. The van der Waals surface area contributed by atoms with Gasteiger partial charge >= 0.3 is 0 Å². The highest BCUT2D eigenvalue weighted by Crippen LogP contribution is 2.38. The van der Waals surface area contributed by atoms with Gasteiger partial charge in [0.1, 0.15) is 17.4 Å². The normalized spacial score (nSPS) is 16.1. The summed E-state index contributed by atoms with van der Waals surface area (Å²) in [5.41, 5.74) is 5.21. The van der Waals surface area contributed by atoms with Crippen LogP contribution in [-0.4, -0.2) is 34.2 Å². The number of aromatic nitrogens is 2. The number of aliphatic hydroxyl groups excluding tert-OH is 1. The van der Waals surface area contributed by atoms with E-state index in [1.54, 1.807) is 4.90 Å². The smallest absolute Gasteiger partial charge is 0.231 e. The molecule has 0 radical (unpaired) electrons. The molecule has 0 fully saturated rings. The minimum absolute atomic E-state index is 0.116. The van der Waals surface area contributed by atoms with Gasteiger partial charge in [-0.2, -0.15) is 0 Å². The topological polar surface area (TPSA) is 94.5 Å². The van der Waals surface area contributed by atoms with Crippen molar-refractivity contribution in [3.63, 3.8) is 0 Å². The molecule has 1 aromatic heterocycles. The minimum atomic E-state index is 0.116. The second kappa shape index (κ2) is 5.51. The molecule has 2 aliphatic heterocycles. The number of benzene rings is 2. The molecule has 0 unspecified atom stereocenters. The van der Waals surface area contributed by atoms with Gasteiger partial charge in [0.25, 0.3) is 0 Å². The first kappa shape index (κ1) is 15.7. The molecular formula is C20H18N4O3. The Morgan fingerprint density at radius 2 is 1.89 bits per heavy atom. The van der Waals surface area contributed by atoms with E-state index in [0.29, 0.717) is 22.9 Å². The average molecular weight is 362 g/mol. The van der Waals surface area contributed by atoms with Crippen LogP contribution < -0.4 is 14.4 Å². The molecular weight excluding hydrogens is 344 g/mol. The number of aliphatic hydroxyl groups is 1. The lowest BCUT2D eigenvalue weighted by molar-refractivity contribution is 0.174. The number of hydrogen-bond donors (Lipinski definition) is 3. The molecule has 7 heteroatoms. The number of hydrogen-bond acceptors (Lipinski definition) is 5. The van der Waals surface area contributed by atoms with Crippen molar-refractivity contribution in [2.75, 3.05) is 18.2 Å². The third-order valence-electron chi connectivity index (χ3n) is 5.11. The lowest BCUT2D eigenvalue weighted by Crippen LogP contribution is -2.26. The van der Waals surface area contributed by atoms with E-state index in [-0.39, 0.29) is 24.9 Å². The Bertz CT molecular complexity index is 1110. The van der Waals surface area contributed by atoms with E-state index in [9.17, 15) is 5.11 Å². The van der Waals surface area contributed by atoms with E-state index in [0.717, 1.165) is 22.3 Å². The monoisotopic (exact) mass is 362 g/mol. The Kier molecular flexibility index (Phi) is 3.21. The van der Waals surface area contributed by atoms with Gasteiger partial charge in [-0.15, -0.1) is 0 Å². The van der Waals surface area contributed by atoms with E-state index < -0.39 is 0 Å². The van der Waals surface area contributed by atoms with Crippen LogP contribution in [-0.2, 0) is 0 Å². The van der Waals surface area contributed by atoms with Gasteiger partial charge in [-0.1, -0.05) is 0 Å². The van der Waals surface area contributed by atoms with Crippen LogP contribution in [0.15, 0.2) is 36.1 Å². The molecule has 0 atom stereocenters. The van der Waals surface area contributed by atoms with E-state index >= 15 is 0 Å². The zero-order chi connectivity index (χ0) is 18.7. The maximum atomic E-state index is 10.6. The molecule has 136 valence electrons. The molecule has 3 N–H and O–H groups in total. The van der Waals surface area contributed by atoms with Gasteiger partial charge in [-0.05, 0) is 49.2 Å². The lowest BCUT2D eigenvalue weighted by Gasteiger charge is -2.18. The molecule has 3 heterocycles. The Morgan fingerprint density at radius 1 is 1.11 bits per heavy atom. The van der Waals surface area contributed by atoms with Crippen LogP contribution in [0.25, 0.3) is 16.6 Å². The fraction of sp³-hybridized carbons (Fsp3) is 0.200. The molecule has 0 bridgehead atoms. The number of aryl methyl sites for hydroxylation is 2. The zero-order valence-corrected chi connectivity index (χ0v) is 15.0. The summed E-state index contributed by atoms with van der Waals surface area (Å²) in [5.74, 6) is 2.14. The van der Waals surface area contributed by atoms with Crippen molar-refractivity contribution in [2.45, 2.75) is 13.8 Å². The van der Waals surface area contributed by atoms with Gasteiger partial charge in [-0.3, -0.25) is 5.41 Å². The Balaban J connectivity index is 1.52. The molecule has 5 rings (SSSR count). The maximum Gasteiger partial charge on any atom is 0.231 e. The average Bonchev–Trinajstić information content (AvgIpc) is 3.32. The predicted octanol–water partition coefficient (Wildman–Crippen LogP) is 3.68. The van der Waals surface area contributed by atoms with Crippen molar-refractivity contribution in [2.24, 2.45) is 0 Å². The predicted molar refractivity (Wildman–Crippen MR) is 103 cm³/mol. The molecule has 0 aliphatic carbocycles. The number of anilines is 1. The standard InChI is InChI=1S/C20H18N4O3/c1-10-5-13-14(6-11(10)2)23-20(22-13)18-15(25)8-24(19(18)21)12-3-4-16-17(7-12)27-9-26-16/h3-7,21,25H,8-9H2,1-2H3,(H,22,23). The van der Waals surface area contributed by atoms with Crippen LogP contribution in [0.3, 0.4) is 0 Å². The molecule has 27 heavy (non-hydrogen) atoms. The third-order valence-corrected chi connectivity index (χ3v) is 5.11. The van der Waals surface area contributed by atoms with Gasteiger partial charge < -0.3 is 24.5 Å². The van der Waals surface area contributed by atoms with E-state index in [2.05, 4.69) is 9.97 Å². The summed E-state index contributed by atoms with van der Waals surface area (Å²) in [5, 5.41) is 19.2. The summed E-state index contributed by atoms with van der Waals surface area (Å²) in [6.07, 6.45) is 0. The first-order valence-electron chi connectivity index (χ1n) is 8.67. The number of fused-ring (bicyclic) bond motifs is 2. The summed E-state index contributed by atoms with van der Waals surface area (Å²) in [4.78, 5) is 9.56. The summed E-state index contributed by atoms with van der Waals surface area (Å²) < 4.78 is 10.8. The molecule has 2 aromatic carbocycles. The maximum absolute atomic E-state index is 10.6. The van der Waals surface area contributed by atoms with Crippen molar-refractivity contribution in [1.82, 2.24) is 9.97 Å². The van der Waals surface area contributed by atoms with Gasteiger partial charge in [0.05, 0.1) is 23.2 Å². The van der Waals surface area contributed by atoms with Crippen LogP contribution in [0.2, 0.25) is 0 Å². The second-order valence-electron chi connectivity index (χ2n) is 6.83. The van der Waals surface area contributed by atoms with Gasteiger partial charge in [0.2, 0.25) is 6.79 Å². The van der Waals surface area contributed by atoms with Crippen molar-refractivity contribution < 1.29 is 14.6 Å². The molecule has 2 aliphatic rings. The molecule has 7 nitrogen and oxygen atoms in total. The highest BCUT2D eigenvalue weighted by Gasteiger charge is 2.32. The van der Waals surface area contributed by atoms with Crippen LogP contribution in [0.1, 0.15) is 17.0 Å². The third kappa shape index (κ3) is 2.35. The summed E-state index contributed by atoms with van der Waals surface area (Å²) in [7, 11) is 0. The highest BCUT2D eigenvalue weighted by molar-refractivity contribution is 6.30. The first-order chi connectivity index (χ1) is 13.0. The largest absolute Gasteiger partial charge is 0.509 e. The van der Waals surface area contributed by atoms with Gasteiger partial charge in [0.15, 0.2) is 11.5 Å². The van der Waals surface area contributed by atoms with E-state index in [1.807, 2.05) is 44.2 Å². The van der Waals surface area contributed by atoms with E-state index in [1.165, 1.54) is 5.56 Å². The SMILES string of the molecule is Cc1cc2nc(C3=C(O)CN(c4ccc5c(c4)OCO5)C3=N)[nH]c2cc1C. The van der Waals surface area contributed by atoms with Crippen molar-refractivity contribution in [1.29, 1.82) is 5.41 Å². The van der Waals surface area contributed by atoms with Crippen LogP contribution >= 0.6 is 0 Å². The van der Waals surface area contributed by atoms with E-state index in [4.69, 9.17) is 14.9 Å². The molecule has 0 amide bonds. The van der Waals surface area contributed by atoms with Gasteiger partial charge in [0, 0.05) is 11.8 Å². The molecule has 0 spiro atoms. The van der Waals surface area contributed by atoms with Crippen LogP contribution in [0.4, 0.5) is 5.69 Å². The van der Waals surface area contributed by atoms with Gasteiger partial charge in [-0.25, -0.2) is 4.98 Å². The number of nitrogens with zero attached hydrogens (tertiary/aromatic N) is 2. The molecule has 0 saturated heterocycles.